The summed E-state index contributed by atoms with van der Waals surface area (Å²) in [5.41, 5.74) is 0.741. The Morgan fingerprint density at radius 3 is 2.30 bits per heavy atom. The molecule has 0 radical (unpaired) electrons. The van der Waals surface area contributed by atoms with Gasteiger partial charge in [-0.15, -0.1) is 0 Å². The molecule has 2 aromatic heterocycles. The average molecular weight is 450 g/mol. The molecule has 8 heteroatoms. The number of esters is 2. The number of furan rings is 1. The van der Waals surface area contributed by atoms with Gasteiger partial charge in [-0.3, -0.25) is 4.79 Å². The summed E-state index contributed by atoms with van der Waals surface area (Å²) in [4.78, 5) is 38.2. The van der Waals surface area contributed by atoms with Crippen LogP contribution in [0.1, 0.15) is 41.9 Å². The van der Waals surface area contributed by atoms with Crippen LogP contribution in [0.25, 0.3) is 33.1 Å². The molecule has 0 bridgehead atoms. The standard InChI is InChI=1S/C25H22O8/c1-4-29-16-8-9-17-19(13-16)33-23(25(28)31-6-3)21(22(17)26)14-7-10-18-15(11-14)12-20(32-18)24(27)30-5-2/h7-13H,4-6H2,1-3H3. The zero-order valence-electron chi connectivity index (χ0n) is 18.4. The molecule has 0 aliphatic carbocycles. The Hall–Kier alpha value is -4.07. The van der Waals surface area contributed by atoms with Gasteiger partial charge in [0.2, 0.25) is 16.9 Å². The van der Waals surface area contributed by atoms with E-state index in [0.717, 1.165) is 0 Å². The van der Waals surface area contributed by atoms with E-state index in [-0.39, 0.29) is 35.9 Å². The van der Waals surface area contributed by atoms with Crippen molar-refractivity contribution in [1.82, 2.24) is 0 Å². The molecule has 0 fully saturated rings. The van der Waals surface area contributed by atoms with E-state index >= 15 is 0 Å². The lowest BCUT2D eigenvalue weighted by Gasteiger charge is -2.11. The van der Waals surface area contributed by atoms with E-state index in [2.05, 4.69) is 0 Å². The van der Waals surface area contributed by atoms with Crippen LogP contribution in [0.3, 0.4) is 0 Å². The van der Waals surface area contributed by atoms with E-state index in [0.29, 0.717) is 34.3 Å². The second kappa shape index (κ2) is 9.20. The van der Waals surface area contributed by atoms with E-state index in [1.54, 1.807) is 50.2 Å². The maximum absolute atomic E-state index is 13.5. The highest BCUT2D eigenvalue weighted by atomic mass is 16.5. The molecule has 170 valence electrons. The molecule has 0 aliphatic rings. The van der Waals surface area contributed by atoms with Crippen molar-refractivity contribution in [3.8, 4) is 16.9 Å². The maximum Gasteiger partial charge on any atom is 0.375 e. The van der Waals surface area contributed by atoms with Crippen molar-refractivity contribution >= 4 is 33.9 Å². The second-order valence-electron chi connectivity index (χ2n) is 7.03. The Bertz CT molecular complexity index is 1410. The molecule has 0 aliphatic heterocycles. The topological polar surface area (TPSA) is 105 Å². The number of benzene rings is 2. The lowest BCUT2D eigenvalue weighted by atomic mass is 10.0. The average Bonchev–Trinajstić information content (AvgIpc) is 3.23. The third-order valence-electron chi connectivity index (χ3n) is 4.92. The van der Waals surface area contributed by atoms with Crippen LogP contribution >= 0.6 is 0 Å². The van der Waals surface area contributed by atoms with E-state index in [1.807, 2.05) is 6.92 Å². The van der Waals surface area contributed by atoms with Crippen LogP contribution in [0.15, 0.2) is 56.1 Å². The van der Waals surface area contributed by atoms with E-state index in [4.69, 9.17) is 23.0 Å². The molecular formula is C25H22O8. The van der Waals surface area contributed by atoms with Crippen LogP contribution in [0.2, 0.25) is 0 Å². The first-order valence-electron chi connectivity index (χ1n) is 10.6. The van der Waals surface area contributed by atoms with Crippen LogP contribution < -0.4 is 10.2 Å². The Labute approximate surface area is 188 Å². The molecule has 0 saturated carbocycles. The first-order chi connectivity index (χ1) is 16.0. The first kappa shape index (κ1) is 22.1. The molecule has 0 saturated heterocycles. The van der Waals surface area contributed by atoms with Gasteiger partial charge in [-0.1, -0.05) is 6.07 Å². The summed E-state index contributed by atoms with van der Waals surface area (Å²) in [6.07, 6.45) is 0. The lowest BCUT2D eigenvalue weighted by molar-refractivity contribution is 0.0483. The van der Waals surface area contributed by atoms with E-state index < -0.39 is 17.4 Å². The van der Waals surface area contributed by atoms with Crippen LogP contribution in [0, 0.1) is 0 Å². The summed E-state index contributed by atoms with van der Waals surface area (Å²) in [6, 6.07) is 11.2. The van der Waals surface area contributed by atoms with Crippen LogP contribution in [-0.2, 0) is 9.47 Å². The van der Waals surface area contributed by atoms with Crippen molar-refractivity contribution in [3.63, 3.8) is 0 Å². The Kier molecular flexibility index (Phi) is 6.17. The molecule has 4 aromatic rings. The zero-order chi connectivity index (χ0) is 23.5. The second-order valence-corrected chi connectivity index (χ2v) is 7.03. The predicted molar refractivity (Wildman–Crippen MR) is 121 cm³/mol. The first-order valence-corrected chi connectivity index (χ1v) is 10.6. The summed E-state index contributed by atoms with van der Waals surface area (Å²) >= 11 is 0. The van der Waals surface area contributed by atoms with Gasteiger partial charge in [0.25, 0.3) is 0 Å². The van der Waals surface area contributed by atoms with Gasteiger partial charge in [0, 0.05) is 11.5 Å². The monoisotopic (exact) mass is 450 g/mol. The SMILES string of the molecule is CCOC(=O)c1cc2cc(-c3c(C(=O)OCC)oc4cc(OCC)ccc4c3=O)ccc2o1. The Morgan fingerprint density at radius 2 is 1.58 bits per heavy atom. The normalized spacial score (nSPS) is 11.0. The fraction of sp³-hybridized carbons (Fsp3) is 0.240. The molecule has 0 N–H and O–H groups in total. The van der Waals surface area contributed by atoms with Gasteiger partial charge in [-0.2, -0.15) is 0 Å². The number of hydrogen-bond donors (Lipinski definition) is 0. The summed E-state index contributed by atoms with van der Waals surface area (Å²) in [6.45, 7) is 5.98. The molecule has 0 atom stereocenters. The minimum atomic E-state index is -0.757. The fourth-order valence-electron chi connectivity index (χ4n) is 3.53. The number of fused-ring (bicyclic) bond motifs is 2. The third-order valence-corrected chi connectivity index (χ3v) is 4.92. The highest BCUT2D eigenvalue weighted by Gasteiger charge is 2.24. The van der Waals surface area contributed by atoms with Crippen molar-refractivity contribution < 1.29 is 32.6 Å². The molecular weight excluding hydrogens is 428 g/mol. The minimum absolute atomic E-state index is 0.0450. The molecule has 2 heterocycles. The molecule has 8 nitrogen and oxygen atoms in total. The smallest absolute Gasteiger partial charge is 0.375 e. The molecule has 0 unspecified atom stereocenters. The van der Waals surface area contributed by atoms with E-state index in [9.17, 15) is 14.4 Å². The molecule has 2 aromatic carbocycles. The predicted octanol–water partition coefficient (Wildman–Crippen LogP) is 4.96. The Balaban J connectivity index is 1.91. The molecule has 33 heavy (non-hydrogen) atoms. The summed E-state index contributed by atoms with van der Waals surface area (Å²) < 4.78 is 27.0. The molecule has 0 spiro atoms. The van der Waals surface area contributed by atoms with Crippen molar-refractivity contribution in [3.05, 3.63) is 64.2 Å². The maximum atomic E-state index is 13.5. The largest absolute Gasteiger partial charge is 0.494 e. The van der Waals surface area contributed by atoms with Crippen LogP contribution in [0.5, 0.6) is 5.75 Å². The van der Waals surface area contributed by atoms with Gasteiger partial charge in [0.05, 0.1) is 30.8 Å². The fourth-order valence-corrected chi connectivity index (χ4v) is 3.53. The summed E-state index contributed by atoms with van der Waals surface area (Å²) in [7, 11) is 0. The molecule has 4 rings (SSSR count). The van der Waals surface area contributed by atoms with Crippen molar-refractivity contribution in [2.75, 3.05) is 19.8 Å². The van der Waals surface area contributed by atoms with Crippen molar-refractivity contribution in [2.24, 2.45) is 0 Å². The van der Waals surface area contributed by atoms with Crippen molar-refractivity contribution in [1.29, 1.82) is 0 Å². The highest BCUT2D eigenvalue weighted by Crippen LogP contribution is 2.31. The summed E-state index contributed by atoms with van der Waals surface area (Å²) in [5, 5.41) is 0.859. The van der Waals surface area contributed by atoms with Gasteiger partial charge in [-0.25, -0.2) is 9.59 Å². The van der Waals surface area contributed by atoms with Crippen molar-refractivity contribution in [2.45, 2.75) is 20.8 Å². The van der Waals surface area contributed by atoms with Gasteiger partial charge in [0.15, 0.2) is 0 Å². The number of ether oxygens (including phenoxy) is 3. The van der Waals surface area contributed by atoms with Gasteiger partial charge < -0.3 is 23.0 Å². The number of rotatable bonds is 7. The minimum Gasteiger partial charge on any atom is -0.494 e. The van der Waals surface area contributed by atoms with Gasteiger partial charge in [0.1, 0.15) is 16.9 Å². The lowest BCUT2D eigenvalue weighted by Crippen LogP contribution is -2.15. The van der Waals surface area contributed by atoms with Gasteiger partial charge in [-0.05, 0) is 56.7 Å². The van der Waals surface area contributed by atoms with Crippen LogP contribution in [-0.4, -0.2) is 31.8 Å². The molecule has 0 amide bonds. The quantitative estimate of drug-likeness (QED) is 0.364. The third kappa shape index (κ3) is 4.19. The van der Waals surface area contributed by atoms with Crippen LogP contribution in [0.4, 0.5) is 0 Å². The highest BCUT2D eigenvalue weighted by molar-refractivity contribution is 6.00. The van der Waals surface area contributed by atoms with E-state index in [1.165, 1.54) is 6.07 Å². The number of carbonyl (C=O) groups excluding carboxylic acids is 2. The zero-order valence-corrected chi connectivity index (χ0v) is 18.4. The Morgan fingerprint density at radius 1 is 0.818 bits per heavy atom. The summed E-state index contributed by atoms with van der Waals surface area (Å²) in [5.74, 6) is -0.993. The number of hydrogen-bond acceptors (Lipinski definition) is 8. The van der Waals surface area contributed by atoms with Gasteiger partial charge >= 0.3 is 11.9 Å². The number of carbonyl (C=O) groups is 2.